The van der Waals surface area contributed by atoms with E-state index in [9.17, 15) is 14.3 Å². The second kappa shape index (κ2) is 7.16. The number of aliphatic hydroxyl groups excluding tert-OH is 1. The number of hydrogen-bond donors (Lipinski definition) is 2. The number of benzene rings is 1. The minimum atomic E-state index is -0.954. The lowest BCUT2D eigenvalue weighted by molar-refractivity contribution is -0.120. The summed E-state index contributed by atoms with van der Waals surface area (Å²) in [5.74, 6) is -0.554. The number of carbonyl (C=O) groups excluding carboxylic acids is 1. The Kier molecular flexibility index (Phi) is 5.00. The number of hydrogen-bond acceptors (Lipinski definition) is 5. The molecule has 1 aromatic heterocycles. The summed E-state index contributed by atoms with van der Waals surface area (Å²) in [7, 11) is 0. The van der Waals surface area contributed by atoms with Gasteiger partial charge in [-0.15, -0.1) is 11.3 Å². The molecule has 23 heavy (non-hydrogen) atoms. The number of anilines is 1. The molecule has 1 aromatic carbocycles. The maximum Gasteiger partial charge on any atom is 0.243 e. The normalized spacial score (nSPS) is 19.7. The second-order valence-corrected chi connectivity index (χ2v) is 6.41. The van der Waals surface area contributed by atoms with Gasteiger partial charge in [0, 0.05) is 23.7 Å². The van der Waals surface area contributed by atoms with Crippen LogP contribution >= 0.6 is 11.3 Å². The van der Waals surface area contributed by atoms with Gasteiger partial charge in [-0.2, -0.15) is 0 Å². The first-order chi connectivity index (χ1) is 11.1. The number of nitrogens with zero attached hydrogens (tertiary/aromatic N) is 2. The van der Waals surface area contributed by atoms with E-state index in [0.29, 0.717) is 11.7 Å². The summed E-state index contributed by atoms with van der Waals surface area (Å²) in [4.78, 5) is 18.3. The van der Waals surface area contributed by atoms with Crippen LogP contribution in [-0.4, -0.2) is 40.0 Å². The van der Waals surface area contributed by atoms with Gasteiger partial charge in [-0.1, -0.05) is 18.2 Å². The largest absolute Gasteiger partial charge is 0.387 e. The fourth-order valence-corrected chi connectivity index (χ4v) is 3.41. The van der Waals surface area contributed by atoms with Crippen LogP contribution in [0.1, 0.15) is 24.5 Å². The summed E-state index contributed by atoms with van der Waals surface area (Å²) in [6.45, 7) is 0.943. The minimum absolute atomic E-state index is 0.127. The van der Waals surface area contributed by atoms with Gasteiger partial charge in [-0.3, -0.25) is 9.69 Å². The quantitative estimate of drug-likeness (QED) is 0.881. The topological polar surface area (TPSA) is 65.5 Å². The Morgan fingerprint density at radius 2 is 2.35 bits per heavy atom. The SMILES string of the molecule is O=C(Nc1nccs1)C1CCCN1CC(O)c1ccccc1F. The first-order valence-corrected chi connectivity index (χ1v) is 8.40. The van der Waals surface area contributed by atoms with Crippen LogP contribution in [0.25, 0.3) is 0 Å². The van der Waals surface area contributed by atoms with Gasteiger partial charge in [-0.05, 0) is 25.5 Å². The average Bonchev–Trinajstić information content (AvgIpc) is 3.19. The van der Waals surface area contributed by atoms with Crippen LogP contribution in [-0.2, 0) is 4.79 Å². The standard InChI is InChI=1S/C16H18FN3O2S/c17-12-5-2-1-4-11(12)14(21)10-20-8-3-6-13(20)15(22)19-16-18-7-9-23-16/h1-2,4-5,7,9,13-14,21H,3,6,8,10H2,(H,18,19,22). The number of β-amino-alcohol motifs (C(OH)–C–C–N with tert-alkyl or cyclic N) is 1. The molecule has 2 N–H and O–H groups in total. The van der Waals surface area contributed by atoms with Crippen LogP contribution < -0.4 is 5.32 Å². The molecule has 1 saturated heterocycles. The lowest BCUT2D eigenvalue weighted by atomic mass is 10.1. The molecular weight excluding hydrogens is 317 g/mol. The zero-order valence-corrected chi connectivity index (χ0v) is 13.3. The predicted octanol–water partition coefficient (Wildman–Crippen LogP) is 2.42. The van der Waals surface area contributed by atoms with E-state index in [1.165, 1.54) is 17.4 Å². The van der Waals surface area contributed by atoms with Gasteiger partial charge in [0.2, 0.25) is 5.91 Å². The number of halogens is 1. The van der Waals surface area contributed by atoms with Crippen molar-refractivity contribution in [2.75, 3.05) is 18.4 Å². The Hall–Kier alpha value is -1.83. The molecule has 3 rings (SSSR count). The number of rotatable bonds is 5. The number of thiazole rings is 1. The molecule has 2 unspecified atom stereocenters. The molecule has 2 heterocycles. The van der Waals surface area contributed by atoms with Gasteiger partial charge in [0.25, 0.3) is 0 Å². The van der Waals surface area contributed by atoms with Crippen molar-refractivity contribution in [1.29, 1.82) is 0 Å². The molecule has 1 aliphatic heterocycles. The van der Waals surface area contributed by atoms with E-state index in [0.717, 1.165) is 12.8 Å². The molecule has 0 spiro atoms. The Bertz CT molecular complexity index is 665. The van der Waals surface area contributed by atoms with Gasteiger partial charge in [0.05, 0.1) is 12.1 Å². The molecule has 7 heteroatoms. The van der Waals surface area contributed by atoms with Crippen LogP contribution in [0.5, 0.6) is 0 Å². The van der Waals surface area contributed by atoms with Gasteiger partial charge in [-0.25, -0.2) is 9.37 Å². The van der Waals surface area contributed by atoms with Crippen LogP contribution in [0.4, 0.5) is 9.52 Å². The maximum absolute atomic E-state index is 13.8. The van der Waals surface area contributed by atoms with Crippen molar-refractivity contribution in [1.82, 2.24) is 9.88 Å². The van der Waals surface area contributed by atoms with Crippen molar-refractivity contribution in [2.24, 2.45) is 0 Å². The smallest absolute Gasteiger partial charge is 0.243 e. The molecule has 0 saturated carbocycles. The van der Waals surface area contributed by atoms with Gasteiger partial charge >= 0.3 is 0 Å². The lowest BCUT2D eigenvalue weighted by Crippen LogP contribution is -2.41. The van der Waals surface area contributed by atoms with Gasteiger partial charge < -0.3 is 10.4 Å². The summed E-state index contributed by atoms with van der Waals surface area (Å²) < 4.78 is 13.8. The molecule has 5 nitrogen and oxygen atoms in total. The van der Waals surface area contributed by atoms with Gasteiger partial charge in [0.15, 0.2) is 5.13 Å². The van der Waals surface area contributed by atoms with Crippen LogP contribution in [0.3, 0.4) is 0 Å². The number of likely N-dealkylation sites (tertiary alicyclic amines) is 1. The molecule has 1 fully saturated rings. The highest BCUT2D eigenvalue weighted by atomic mass is 32.1. The van der Waals surface area contributed by atoms with Crippen molar-refractivity contribution < 1.29 is 14.3 Å². The average molecular weight is 335 g/mol. The highest BCUT2D eigenvalue weighted by Crippen LogP contribution is 2.24. The second-order valence-electron chi connectivity index (χ2n) is 5.52. The number of nitrogens with one attached hydrogen (secondary N) is 1. The molecule has 0 aliphatic carbocycles. The first-order valence-electron chi connectivity index (χ1n) is 7.52. The van der Waals surface area contributed by atoms with Crippen LogP contribution in [0.15, 0.2) is 35.8 Å². The first kappa shape index (κ1) is 16.0. The lowest BCUT2D eigenvalue weighted by Gasteiger charge is -2.26. The maximum atomic E-state index is 13.8. The molecule has 2 atom stereocenters. The van der Waals surface area contributed by atoms with Crippen LogP contribution in [0, 0.1) is 5.82 Å². The molecule has 1 aliphatic rings. The molecule has 0 radical (unpaired) electrons. The van der Waals surface area contributed by atoms with Crippen LogP contribution in [0.2, 0.25) is 0 Å². The van der Waals surface area contributed by atoms with Gasteiger partial charge in [0.1, 0.15) is 5.82 Å². The molecule has 0 bridgehead atoms. The third-order valence-electron chi connectivity index (χ3n) is 4.00. The highest BCUT2D eigenvalue weighted by Gasteiger charge is 2.32. The monoisotopic (exact) mass is 335 g/mol. The molecule has 1 amide bonds. The Morgan fingerprint density at radius 3 is 3.09 bits per heavy atom. The Labute approximate surface area is 137 Å². The molecule has 122 valence electrons. The number of amides is 1. The fourth-order valence-electron chi connectivity index (χ4n) is 2.88. The molecule has 2 aromatic rings. The van der Waals surface area contributed by atoms with Crippen molar-refractivity contribution >= 4 is 22.4 Å². The number of aromatic nitrogens is 1. The van der Waals surface area contributed by atoms with Crippen molar-refractivity contribution in [3.05, 3.63) is 47.2 Å². The van der Waals surface area contributed by atoms with E-state index in [-0.39, 0.29) is 24.1 Å². The summed E-state index contributed by atoms with van der Waals surface area (Å²) >= 11 is 1.36. The Morgan fingerprint density at radius 1 is 1.52 bits per heavy atom. The third-order valence-corrected chi connectivity index (χ3v) is 4.69. The third kappa shape index (κ3) is 3.74. The number of aliphatic hydroxyl groups is 1. The van der Waals surface area contributed by atoms with E-state index in [1.54, 1.807) is 29.8 Å². The summed E-state index contributed by atoms with van der Waals surface area (Å²) in [6.07, 6.45) is 2.28. The van der Waals surface area contributed by atoms with E-state index >= 15 is 0 Å². The fraction of sp³-hybridized carbons (Fsp3) is 0.375. The predicted molar refractivity (Wildman–Crippen MR) is 86.7 cm³/mol. The Balaban J connectivity index is 1.65. The van der Waals surface area contributed by atoms with Crippen molar-refractivity contribution in [3.63, 3.8) is 0 Å². The van der Waals surface area contributed by atoms with E-state index in [2.05, 4.69) is 10.3 Å². The summed E-state index contributed by atoms with van der Waals surface area (Å²) in [6, 6.07) is 5.86. The summed E-state index contributed by atoms with van der Waals surface area (Å²) in [5, 5.41) is 15.4. The highest BCUT2D eigenvalue weighted by molar-refractivity contribution is 7.13. The van der Waals surface area contributed by atoms with E-state index < -0.39 is 11.9 Å². The summed E-state index contributed by atoms with van der Waals surface area (Å²) in [5.41, 5.74) is 0.262. The zero-order valence-electron chi connectivity index (χ0n) is 12.5. The van der Waals surface area contributed by atoms with Crippen molar-refractivity contribution in [3.8, 4) is 0 Å². The number of carbonyl (C=O) groups is 1. The van der Waals surface area contributed by atoms with E-state index in [4.69, 9.17) is 0 Å². The zero-order chi connectivity index (χ0) is 16.2. The molecular formula is C16H18FN3O2S. The van der Waals surface area contributed by atoms with E-state index in [1.807, 2.05) is 4.90 Å². The minimum Gasteiger partial charge on any atom is -0.387 e. The van der Waals surface area contributed by atoms with Crippen molar-refractivity contribution in [2.45, 2.75) is 25.0 Å².